The maximum Gasteiger partial charge on any atom is 0.408 e. The topological polar surface area (TPSA) is 271 Å². The van der Waals surface area contributed by atoms with Gasteiger partial charge in [0, 0.05) is 25.9 Å². The minimum Gasteiger partial charge on any atom is -0.508 e. The fourth-order valence-corrected chi connectivity index (χ4v) is 7.44. The molecule has 19 nitrogen and oxygen atoms in total. The number of carboxylic acids is 1. The lowest BCUT2D eigenvalue weighted by atomic mass is 9.99. The summed E-state index contributed by atoms with van der Waals surface area (Å²) in [6.45, 7) is 17.4. The van der Waals surface area contributed by atoms with Crippen molar-refractivity contribution in [1.82, 2.24) is 36.8 Å². The SMILES string of the molecule is CC(C)C[C@H](NC(=O)[C@H](CCCNC(=O)OC(C)(C)C)NC(=O)[C@@H](NC(=O)[C@H](Cc1ccc(O)cc1)NC(=O)[C@@H]1CCCN1C(=O)[C@@H](Cc1ccccc1)NC(=O)OC(C)(C)C)C(C)C)C(=O)O. The molecule has 2 aromatic rings. The van der Waals surface area contributed by atoms with Gasteiger partial charge < -0.3 is 56.5 Å². The van der Waals surface area contributed by atoms with Gasteiger partial charge in [-0.15, -0.1) is 0 Å². The monoisotopic (exact) mass is 952 g/mol. The molecule has 0 aliphatic carbocycles. The first kappa shape index (κ1) is 55.9. The molecule has 19 heteroatoms. The van der Waals surface area contributed by atoms with Crippen molar-refractivity contribution in [1.29, 1.82) is 0 Å². The van der Waals surface area contributed by atoms with E-state index < -0.39 is 101 Å². The van der Waals surface area contributed by atoms with Crippen LogP contribution in [0.5, 0.6) is 5.75 Å². The predicted octanol–water partition coefficient (Wildman–Crippen LogP) is 4.09. The number of aliphatic carboxylic acids is 1. The maximum atomic E-state index is 14.4. The summed E-state index contributed by atoms with van der Waals surface area (Å²) in [5.74, 6) is -5.44. The molecule has 1 aliphatic rings. The zero-order valence-electron chi connectivity index (χ0n) is 41.1. The Morgan fingerprint density at radius 1 is 0.676 bits per heavy atom. The number of carboxylic acid groups (broad SMARTS) is 1. The van der Waals surface area contributed by atoms with E-state index in [9.17, 15) is 48.6 Å². The first-order valence-corrected chi connectivity index (χ1v) is 23.3. The number of aromatic hydroxyl groups is 1. The first-order valence-electron chi connectivity index (χ1n) is 23.3. The molecule has 0 aromatic heterocycles. The molecule has 6 atom stereocenters. The number of benzene rings is 2. The number of phenols is 1. The summed E-state index contributed by atoms with van der Waals surface area (Å²) in [6, 6.07) is 7.77. The van der Waals surface area contributed by atoms with Crippen LogP contribution in [0.3, 0.4) is 0 Å². The number of ether oxygens (including phenoxy) is 2. The van der Waals surface area contributed by atoms with E-state index in [1.165, 1.54) is 17.0 Å². The van der Waals surface area contributed by atoms with E-state index in [1.54, 1.807) is 93.5 Å². The van der Waals surface area contributed by atoms with Crippen LogP contribution in [0.1, 0.15) is 112 Å². The number of hydrogen-bond acceptors (Lipinski definition) is 11. The van der Waals surface area contributed by atoms with Gasteiger partial charge in [0.15, 0.2) is 0 Å². The number of likely N-dealkylation sites (tertiary alicyclic amines) is 1. The van der Waals surface area contributed by atoms with Gasteiger partial charge in [-0.05, 0) is 109 Å². The lowest BCUT2D eigenvalue weighted by molar-refractivity contribution is -0.143. The van der Waals surface area contributed by atoms with E-state index in [1.807, 2.05) is 18.2 Å². The van der Waals surface area contributed by atoms with Crippen molar-refractivity contribution in [3.05, 3.63) is 65.7 Å². The number of amides is 7. The average molecular weight is 952 g/mol. The number of rotatable bonds is 22. The first-order chi connectivity index (χ1) is 31.7. The summed E-state index contributed by atoms with van der Waals surface area (Å²) in [5, 5.41) is 35.8. The smallest absolute Gasteiger partial charge is 0.408 e. The van der Waals surface area contributed by atoms with Gasteiger partial charge in [-0.25, -0.2) is 14.4 Å². The molecule has 7 amide bonds. The van der Waals surface area contributed by atoms with Crippen molar-refractivity contribution in [3.63, 3.8) is 0 Å². The largest absolute Gasteiger partial charge is 0.508 e. The molecular formula is C49H73N7O12. The van der Waals surface area contributed by atoms with Gasteiger partial charge in [-0.2, -0.15) is 0 Å². The Labute approximate surface area is 399 Å². The highest BCUT2D eigenvalue weighted by Crippen LogP contribution is 2.22. The van der Waals surface area contributed by atoms with Crippen LogP contribution in [0.25, 0.3) is 0 Å². The number of phenolic OH excluding ortho intramolecular Hbond substituents is 1. The Morgan fingerprint density at radius 3 is 1.81 bits per heavy atom. The summed E-state index contributed by atoms with van der Waals surface area (Å²) in [6.07, 6.45) is -0.513. The Kier molecular flexibility index (Phi) is 21.1. The van der Waals surface area contributed by atoms with Crippen LogP contribution < -0.4 is 31.9 Å². The third-order valence-electron chi connectivity index (χ3n) is 10.7. The Balaban J connectivity index is 1.88. The van der Waals surface area contributed by atoms with Crippen LogP contribution in [-0.2, 0) is 51.1 Å². The lowest BCUT2D eigenvalue weighted by Gasteiger charge is -2.31. The second-order valence-corrected chi connectivity index (χ2v) is 19.9. The molecule has 68 heavy (non-hydrogen) atoms. The molecule has 0 unspecified atom stereocenters. The molecule has 1 saturated heterocycles. The minimum absolute atomic E-state index is 0.0291. The summed E-state index contributed by atoms with van der Waals surface area (Å²) in [7, 11) is 0. The van der Waals surface area contributed by atoms with Crippen molar-refractivity contribution in [2.75, 3.05) is 13.1 Å². The van der Waals surface area contributed by atoms with E-state index in [0.717, 1.165) is 5.56 Å². The second-order valence-electron chi connectivity index (χ2n) is 19.9. The summed E-state index contributed by atoms with van der Waals surface area (Å²) >= 11 is 0. The van der Waals surface area contributed by atoms with Crippen molar-refractivity contribution < 1.29 is 58.0 Å². The summed E-state index contributed by atoms with van der Waals surface area (Å²) in [5.41, 5.74) is -0.298. The number of alkyl carbamates (subject to hydrolysis) is 2. The number of carbonyl (C=O) groups excluding carboxylic acids is 7. The molecule has 0 radical (unpaired) electrons. The van der Waals surface area contributed by atoms with Gasteiger partial charge in [0.2, 0.25) is 29.5 Å². The van der Waals surface area contributed by atoms with Crippen LogP contribution >= 0.6 is 0 Å². The van der Waals surface area contributed by atoms with Crippen LogP contribution in [0.2, 0.25) is 0 Å². The number of nitrogens with zero attached hydrogens (tertiary/aromatic N) is 1. The third kappa shape index (κ3) is 19.4. The molecule has 0 spiro atoms. The standard InChI is InChI=1S/C49H73N7O12/c1-29(2)26-37(45(63)64)53-40(58)34(18-14-24-50-46(65)67-48(5,6)7)51-43(61)39(30(3)4)55-41(59)35(27-32-20-22-33(57)23-21-32)52-42(60)38-19-15-25-56(38)44(62)36(28-31-16-12-11-13-17-31)54-47(66)68-49(8,9)10/h11-13,16-17,20-23,29-30,34-39,57H,14-15,18-19,24-28H2,1-10H3,(H,50,65)(H,51,61)(H,52,60)(H,53,58)(H,54,66)(H,55,59)(H,63,64)/t34-,35-,36+,37-,38-,39-/m0/s1. The highest BCUT2D eigenvalue weighted by molar-refractivity contribution is 5.97. The van der Waals surface area contributed by atoms with Crippen molar-refractivity contribution in [2.45, 2.75) is 162 Å². The second kappa shape index (κ2) is 25.7. The van der Waals surface area contributed by atoms with E-state index in [4.69, 9.17) is 9.47 Å². The Hall–Kier alpha value is -6.40. The molecule has 2 aromatic carbocycles. The van der Waals surface area contributed by atoms with Crippen molar-refractivity contribution in [2.24, 2.45) is 11.8 Å². The number of hydrogen-bond donors (Lipinski definition) is 8. The number of nitrogens with one attached hydrogen (secondary N) is 6. The molecule has 1 heterocycles. The molecule has 3 rings (SSSR count). The van der Waals surface area contributed by atoms with E-state index in [0.29, 0.717) is 12.0 Å². The van der Waals surface area contributed by atoms with E-state index in [2.05, 4.69) is 31.9 Å². The van der Waals surface area contributed by atoms with Gasteiger partial charge in [0.25, 0.3) is 0 Å². The fourth-order valence-electron chi connectivity index (χ4n) is 7.44. The average Bonchev–Trinajstić information content (AvgIpc) is 3.72. The lowest BCUT2D eigenvalue weighted by Crippen LogP contribution is -2.60. The molecule has 0 bridgehead atoms. The molecule has 8 N–H and O–H groups in total. The fraction of sp³-hybridized carbons (Fsp3) is 0.592. The van der Waals surface area contributed by atoms with Gasteiger partial charge in [-0.3, -0.25) is 24.0 Å². The Bertz CT molecular complexity index is 2030. The maximum absolute atomic E-state index is 14.4. The van der Waals surface area contributed by atoms with Crippen LogP contribution in [-0.4, -0.2) is 123 Å². The summed E-state index contributed by atoms with van der Waals surface area (Å²) < 4.78 is 10.7. The minimum atomic E-state index is -1.32. The van der Waals surface area contributed by atoms with Crippen LogP contribution in [0, 0.1) is 11.8 Å². The zero-order chi connectivity index (χ0) is 50.9. The molecular weight excluding hydrogens is 879 g/mol. The van der Waals surface area contributed by atoms with Crippen LogP contribution in [0.15, 0.2) is 54.6 Å². The van der Waals surface area contributed by atoms with E-state index >= 15 is 0 Å². The normalized spacial score (nSPS) is 16.1. The molecule has 1 fully saturated rings. The predicted molar refractivity (Wildman–Crippen MR) is 253 cm³/mol. The Morgan fingerprint density at radius 2 is 1.24 bits per heavy atom. The van der Waals surface area contributed by atoms with E-state index in [-0.39, 0.29) is 63.3 Å². The van der Waals surface area contributed by atoms with Gasteiger partial charge in [0.05, 0.1) is 0 Å². The van der Waals surface area contributed by atoms with Gasteiger partial charge in [-0.1, -0.05) is 70.2 Å². The third-order valence-corrected chi connectivity index (χ3v) is 10.7. The van der Waals surface area contributed by atoms with Gasteiger partial charge in [0.1, 0.15) is 53.2 Å². The zero-order valence-corrected chi connectivity index (χ0v) is 41.1. The summed E-state index contributed by atoms with van der Waals surface area (Å²) in [4.78, 5) is 109. The van der Waals surface area contributed by atoms with Crippen LogP contribution in [0.4, 0.5) is 9.59 Å². The molecule has 376 valence electrons. The van der Waals surface area contributed by atoms with Crippen molar-refractivity contribution >= 4 is 47.7 Å². The highest BCUT2D eigenvalue weighted by Gasteiger charge is 2.40. The van der Waals surface area contributed by atoms with Crippen molar-refractivity contribution in [3.8, 4) is 5.75 Å². The molecule has 1 aliphatic heterocycles. The molecule has 0 saturated carbocycles. The quantitative estimate of drug-likeness (QED) is 0.0776. The number of carbonyl (C=O) groups is 8. The van der Waals surface area contributed by atoms with Gasteiger partial charge >= 0.3 is 18.2 Å². The highest BCUT2D eigenvalue weighted by atomic mass is 16.6.